The number of hydrogen-bond acceptors (Lipinski definition) is 2. The molecule has 0 aliphatic rings. The number of rotatable bonds is 5. The Labute approximate surface area is 95.8 Å². The van der Waals surface area contributed by atoms with E-state index in [0.717, 1.165) is 0 Å². The third kappa shape index (κ3) is 5.35. The maximum Gasteiger partial charge on any atom is 0.411 e. The van der Waals surface area contributed by atoms with Crippen molar-refractivity contribution in [1.82, 2.24) is 0 Å². The van der Waals surface area contributed by atoms with E-state index in [2.05, 4.69) is 4.74 Å². The number of aliphatic carboxylic acids is 1. The number of halogens is 3. The molecule has 0 aliphatic carbocycles. The van der Waals surface area contributed by atoms with E-state index in [0.29, 0.717) is 5.56 Å². The van der Waals surface area contributed by atoms with Crippen LogP contribution in [0.1, 0.15) is 5.56 Å². The zero-order chi connectivity index (χ0) is 12.9. The number of ether oxygens (including phenoxy) is 1. The van der Waals surface area contributed by atoms with Crippen LogP contribution in [-0.4, -0.2) is 30.0 Å². The van der Waals surface area contributed by atoms with E-state index in [9.17, 15) is 18.0 Å². The minimum atomic E-state index is -4.52. The van der Waals surface area contributed by atoms with E-state index >= 15 is 0 Å². The second kappa shape index (κ2) is 5.67. The number of benzene rings is 1. The molecular weight excluding hydrogens is 237 g/mol. The van der Waals surface area contributed by atoms with Crippen LogP contribution in [0.5, 0.6) is 0 Å². The van der Waals surface area contributed by atoms with Crippen LogP contribution in [0.25, 0.3) is 0 Å². The Balaban J connectivity index is 2.59. The van der Waals surface area contributed by atoms with Crippen LogP contribution < -0.4 is 0 Å². The number of carbonyl (C=O) groups is 1. The molecular formula is C11H11F3O3. The average molecular weight is 248 g/mol. The molecule has 0 amide bonds. The third-order valence-electron chi connectivity index (χ3n) is 1.99. The largest absolute Gasteiger partial charge is 0.479 e. The first kappa shape index (κ1) is 13.5. The highest BCUT2D eigenvalue weighted by atomic mass is 19.4. The normalized spacial score (nSPS) is 13.4. The fraction of sp³-hybridized carbons (Fsp3) is 0.364. The fourth-order valence-corrected chi connectivity index (χ4v) is 1.24. The van der Waals surface area contributed by atoms with Gasteiger partial charge in [-0.3, -0.25) is 0 Å². The lowest BCUT2D eigenvalue weighted by Gasteiger charge is -2.15. The molecule has 1 unspecified atom stereocenters. The third-order valence-corrected chi connectivity index (χ3v) is 1.99. The molecule has 6 heteroatoms. The van der Waals surface area contributed by atoms with Crippen molar-refractivity contribution in [3.8, 4) is 0 Å². The van der Waals surface area contributed by atoms with Crippen LogP contribution in [0.4, 0.5) is 13.2 Å². The quantitative estimate of drug-likeness (QED) is 0.869. The average Bonchev–Trinajstić information content (AvgIpc) is 2.24. The van der Waals surface area contributed by atoms with E-state index in [4.69, 9.17) is 5.11 Å². The van der Waals surface area contributed by atoms with E-state index in [1.54, 1.807) is 30.3 Å². The van der Waals surface area contributed by atoms with Crippen LogP contribution in [-0.2, 0) is 16.0 Å². The molecule has 0 bridgehead atoms. The molecule has 17 heavy (non-hydrogen) atoms. The molecule has 0 aromatic heterocycles. The molecule has 1 aromatic carbocycles. The Bertz CT molecular complexity index is 362. The van der Waals surface area contributed by atoms with Crippen LogP contribution >= 0.6 is 0 Å². The molecule has 0 aliphatic heterocycles. The van der Waals surface area contributed by atoms with Gasteiger partial charge in [0.15, 0.2) is 6.10 Å². The first-order valence-corrected chi connectivity index (χ1v) is 4.83. The van der Waals surface area contributed by atoms with Crippen LogP contribution in [0, 0.1) is 0 Å². The van der Waals surface area contributed by atoms with Gasteiger partial charge < -0.3 is 9.84 Å². The smallest absolute Gasteiger partial charge is 0.411 e. The summed E-state index contributed by atoms with van der Waals surface area (Å²) in [5.74, 6) is -1.40. The van der Waals surface area contributed by atoms with Gasteiger partial charge in [0.25, 0.3) is 0 Å². The Morgan fingerprint density at radius 3 is 2.35 bits per heavy atom. The van der Waals surface area contributed by atoms with Gasteiger partial charge >= 0.3 is 12.1 Å². The van der Waals surface area contributed by atoms with Gasteiger partial charge in [-0.1, -0.05) is 30.3 Å². The lowest BCUT2D eigenvalue weighted by Crippen LogP contribution is -2.31. The molecule has 1 aromatic rings. The first-order valence-electron chi connectivity index (χ1n) is 4.83. The second-order valence-electron chi connectivity index (χ2n) is 3.44. The molecule has 0 radical (unpaired) electrons. The minimum absolute atomic E-state index is 0.0910. The monoisotopic (exact) mass is 248 g/mol. The summed E-state index contributed by atoms with van der Waals surface area (Å²) in [5, 5.41) is 8.74. The minimum Gasteiger partial charge on any atom is -0.479 e. The van der Waals surface area contributed by atoms with Crippen molar-refractivity contribution in [2.24, 2.45) is 0 Å². The molecule has 0 saturated carbocycles. The van der Waals surface area contributed by atoms with Crippen molar-refractivity contribution in [3.63, 3.8) is 0 Å². The predicted octanol–water partition coefficient (Wildman–Crippen LogP) is 2.26. The Hall–Kier alpha value is -1.56. The van der Waals surface area contributed by atoms with Crippen molar-refractivity contribution in [2.45, 2.75) is 18.7 Å². The molecule has 0 saturated heterocycles. The highest BCUT2D eigenvalue weighted by Crippen LogP contribution is 2.17. The number of carboxylic acids is 1. The first-order chi connectivity index (χ1) is 7.88. The van der Waals surface area contributed by atoms with Crippen LogP contribution in [0.2, 0.25) is 0 Å². The van der Waals surface area contributed by atoms with Gasteiger partial charge in [-0.2, -0.15) is 13.2 Å². The Morgan fingerprint density at radius 2 is 1.88 bits per heavy atom. The molecule has 1 rings (SSSR count). The van der Waals surface area contributed by atoms with Gasteiger partial charge in [0.05, 0.1) is 0 Å². The molecule has 0 spiro atoms. The lowest BCUT2D eigenvalue weighted by atomic mass is 10.1. The standard InChI is InChI=1S/C11H11F3O3/c12-11(13,14)7-17-9(10(15)16)6-8-4-2-1-3-5-8/h1-5,9H,6-7H2,(H,15,16). The van der Waals surface area contributed by atoms with E-state index in [1.807, 2.05) is 0 Å². The van der Waals surface area contributed by atoms with Gasteiger partial charge in [-0.25, -0.2) is 4.79 Å². The highest BCUT2D eigenvalue weighted by molar-refractivity contribution is 5.72. The van der Waals surface area contributed by atoms with Gasteiger partial charge in [0, 0.05) is 6.42 Å². The Morgan fingerprint density at radius 1 is 1.29 bits per heavy atom. The predicted molar refractivity (Wildman–Crippen MR) is 53.6 cm³/mol. The summed E-state index contributed by atoms with van der Waals surface area (Å²) in [4.78, 5) is 10.7. The lowest BCUT2D eigenvalue weighted by molar-refractivity contribution is -0.192. The summed E-state index contributed by atoms with van der Waals surface area (Å²) < 4.78 is 40.0. The maximum absolute atomic E-state index is 11.9. The SMILES string of the molecule is O=C(O)C(Cc1ccccc1)OCC(F)(F)F. The zero-order valence-electron chi connectivity index (χ0n) is 8.78. The van der Waals surface area contributed by atoms with Gasteiger partial charge in [-0.05, 0) is 5.56 Å². The second-order valence-corrected chi connectivity index (χ2v) is 3.44. The summed E-state index contributed by atoms with van der Waals surface area (Å²) in [6.45, 7) is -1.56. The zero-order valence-corrected chi connectivity index (χ0v) is 8.78. The number of carboxylic acid groups (broad SMARTS) is 1. The van der Waals surface area contributed by atoms with Crippen molar-refractivity contribution in [3.05, 3.63) is 35.9 Å². The van der Waals surface area contributed by atoms with Gasteiger partial charge in [0.1, 0.15) is 6.61 Å². The fourth-order valence-electron chi connectivity index (χ4n) is 1.24. The van der Waals surface area contributed by atoms with Crippen molar-refractivity contribution in [1.29, 1.82) is 0 Å². The number of hydrogen-bond donors (Lipinski definition) is 1. The van der Waals surface area contributed by atoms with Crippen molar-refractivity contribution in [2.75, 3.05) is 6.61 Å². The van der Waals surface area contributed by atoms with Gasteiger partial charge in [-0.15, -0.1) is 0 Å². The molecule has 0 heterocycles. The maximum atomic E-state index is 11.9. The summed E-state index contributed by atoms with van der Waals surface area (Å²) >= 11 is 0. The number of alkyl halides is 3. The topological polar surface area (TPSA) is 46.5 Å². The van der Waals surface area contributed by atoms with E-state index in [-0.39, 0.29) is 6.42 Å². The van der Waals surface area contributed by atoms with Crippen LogP contribution in [0.15, 0.2) is 30.3 Å². The summed E-state index contributed by atoms with van der Waals surface area (Å²) in [5.41, 5.74) is 0.613. The molecule has 94 valence electrons. The highest BCUT2D eigenvalue weighted by Gasteiger charge is 2.31. The van der Waals surface area contributed by atoms with Gasteiger partial charge in [0.2, 0.25) is 0 Å². The van der Waals surface area contributed by atoms with Crippen molar-refractivity contribution >= 4 is 5.97 Å². The van der Waals surface area contributed by atoms with E-state index < -0.39 is 24.9 Å². The molecule has 0 fully saturated rings. The van der Waals surface area contributed by atoms with Crippen LogP contribution in [0.3, 0.4) is 0 Å². The summed E-state index contributed by atoms with van der Waals surface area (Å²) in [7, 11) is 0. The summed E-state index contributed by atoms with van der Waals surface area (Å²) in [6, 6.07) is 8.35. The summed E-state index contributed by atoms with van der Waals surface area (Å²) in [6.07, 6.45) is -6.10. The molecule has 3 nitrogen and oxygen atoms in total. The Kier molecular flexibility index (Phi) is 4.51. The molecule has 1 atom stereocenters. The molecule has 1 N–H and O–H groups in total. The van der Waals surface area contributed by atoms with Crippen molar-refractivity contribution < 1.29 is 27.8 Å². The van der Waals surface area contributed by atoms with E-state index in [1.165, 1.54) is 0 Å².